The van der Waals surface area contributed by atoms with Crippen LogP contribution in [0.3, 0.4) is 0 Å². The van der Waals surface area contributed by atoms with Crippen LogP contribution in [0.1, 0.15) is 50.1 Å². The van der Waals surface area contributed by atoms with Crippen LogP contribution < -0.4 is 10.2 Å². The van der Waals surface area contributed by atoms with E-state index in [1.165, 1.54) is 47.9 Å². The van der Waals surface area contributed by atoms with Gasteiger partial charge in [0.05, 0.1) is 5.69 Å². The van der Waals surface area contributed by atoms with Crippen molar-refractivity contribution < 1.29 is 0 Å². The van der Waals surface area contributed by atoms with Crippen LogP contribution in [0.15, 0.2) is 0 Å². The Labute approximate surface area is 120 Å². The lowest BCUT2D eigenvalue weighted by atomic mass is 10.1. The van der Waals surface area contributed by atoms with E-state index < -0.39 is 0 Å². The summed E-state index contributed by atoms with van der Waals surface area (Å²) in [7, 11) is 0. The SMILES string of the molecule is CCCc1nc(N2CC3CCC2C3)sc1CNCC. The number of piperidine rings is 1. The predicted molar refractivity (Wildman–Crippen MR) is 82.0 cm³/mol. The van der Waals surface area contributed by atoms with Gasteiger partial charge in [-0.25, -0.2) is 4.98 Å². The molecule has 0 radical (unpaired) electrons. The van der Waals surface area contributed by atoms with Gasteiger partial charge in [-0.05, 0) is 38.1 Å². The maximum absolute atomic E-state index is 4.96. The molecule has 0 amide bonds. The molecule has 1 saturated heterocycles. The number of rotatable bonds is 6. The summed E-state index contributed by atoms with van der Waals surface area (Å²) in [6.45, 7) is 7.69. The highest BCUT2D eigenvalue weighted by atomic mass is 32.1. The molecule has 1 aliphatic heterocycles. The molecule has 3 nitrogen and oxygen atoms in total. The summed E-state index contributed by atoms with van der Waals surface area (Å²) in [5.74, 6) is 0.945. The molecule has 0 aromatic carbocycles. The lowest BCUT2D eigenvalue weighted by molar-refractivity contribution is 0.552. The maximum Gasteiger partial charge on any atom is 0.186 e. The van der Waals surface area contributed by atoms with E-state index in [1.807, 2.05) is 11.3 Å². The molecule has 2 aliphatic rings. The Bertz CT molecular complexity index is 429. The zero-order chi connectivity index (χ0) is 13.2. The zero-order valence-corrected chi connectivity index (χ0v) is 12.9. The second kappa shape index (κ2) is 5.80. The van der Waals surface area contributed by atoms with E-state index in [-0.39, 0.29) is 0 Å². The summed E-state index contributed by atoms with van der Waals surface area (Å²) in [4.78, 5) is 9.01. The van der Waals surface area contributed by atoms with Crippen molar-refractivity contribution in [2.75, 3.05) is 18.0 Å². The van der Waals surface area contributed by atoms with Gasteiger partial charge in [0, 0.05) is 24.0 Å². The van der Waals surface area contributed by atoms with Crippen molar-refractivity contribution in [1.29, 1.82) is 0 Å². The Hall–Kier alpha value is -0.610. The normalized spacial score (nSPS) is 25.5. The van der Waals surface area contributed by atoms with Gasteiger partial charge in [-0.2, -0.15) is 0 Å². The molecule has 0 spiro atoms. The molecule has 1 saturated carbocycles. The molecule has 4 heteroatoms. The Kier molecular flexibility index (Phi) is 4.08. The molecule has 1 aliphatic carbocycles. The molecule has 2 heterocycles. The summed E-state index contributed by atoms with van der Waals surface area (Å²) in [6.07, 6.45) is 6.55. The Morgan fingerprint density at radius 2 is 2.26 bits per heavy atom. The minimum Gasteiger partial charge on any atom is -0.345 e. The van der Waals surface area contributed by atoms with Crippen LogP contribution in [0.25, 0.3) is 0 Å². The molecule has 1 N–H and O–H groups in total. The smallest absolute Gasteiger partial charge is 0.186 e. The fourth-order valence-corrected chi connectivity index (χ4v) is 4.62. The monoisotopic (exact) mass is 279 g/mol. The Morgan fingerprint density at radius 3 is 2.89 bits per heavy atom. The third-order valence-corrected chi connectivity index (χ3v) is 5.58. The molecule has 2 unspecified atom stereocenters. The van der Waals surface area contributed by atoms with Gasteiger partial charge in [0.1, 0.15) is 0 Å². The molecule has 2 atom stereocenters. The number of aromatic nitrogens is 1. The van der Waals surface area contributed by atoms with Crippen LogP contribution in [0.4, 0.5) is 5.13 Å². The topological polar surface area (TPSA) is 28.2 Å². The van der Waals surface area contributed by atoms with E-state index >= 15 is 0 Å². The van der Waals surface area contributed by atoms with Crippen molar-refractivity contribution in [3.8, 4) is 0 Å². The van der Waals surface area contributed by atoms with Gasteiger partial charge in [-0.15, -0.1) is 11.3 Å². The third-order valence-electron chi connectivity index (χ3n) is 4.44. The largest absolute Gasteiger partial charge is 0.345 e. The molecule has 1 aromatic heterocycles. The number of nitrogens with one attached hydrogen (secondary N) is 1. The minimum atomic E-state index is 0.789. The van der Waals surface area contributed by atoms with Gasteiger partial charge >= 0.3 is 0 Å². The second-order valence-corrected chi connectivity index (χ2v) is 6.94. The summed E-state index contributed by atoms with van der Waals surface area (Å²) < 4.78 is 0. The zero-order valence-electron chi connectivity index (χ0n) is 12.1. The van der Waals surface area contributed by atoms with Crippen molar-refractivity contribution in [2.24, 2.45) is 5.92 Å². The van der Waals surface area contributed by atoms with Crippen molar-refractivity contribution in [2.45, 2.75) is 58.5 Å². The number of hydrogen-bond acceptors (Lipinski definition) is 4. The van der Waals surface area contributed by atoms with Crippen molar-refractivity contribution in [1.82, 2.24) is 10.3 Å². The highest BCUT2D eigenvalue weighted by Crippen LogP contribution is 2.42. The molecular formula is C15H25N3S. The Morgan fingerprint density at radius 1 is 1.37 bits per heavy atom. The molecule has 106 valence electrons. The van der Waals surface area contributed by atoms with Gasteiger partial charge in [-0.3, -0.25) is 0 Å². The third kappa shape index (κ3) is 2.65. The predicted octanol–water partition coefficient (Wildman–Crippen LogP) is 3.19. The second-order valence-electron chi connectivity index (χ2n) is 5.88. The first-order valence-corrected chi connectivity index (χ1v) is 8.59. The summed E-state index contributed by atoms with van der Waals surface area (Å²) in [5.41, 5.74) is 1.34. The molecule has 2 bridgehead atoms. The van der Waals surface area contributed by atoms with Crippen LogP contribution >= 0.6 is 11.3 Å². The number of aryl methyl sites for hydroxylation is 1. The molecule has 19 heavy (non-hydrogen) atoms. The quantitative estimate of drug-likeness (QED) is 0.867. The standard InChI is InChI=1S/C15H25N3S/c1-3-5-13-14(9-16-4-2)19-15(17-13)18-10-11-6-7-12(18)8-11/h11-12,16H,3-10H2,1-2H3. The van der Waals surface area contributed by atoms with E-state index in [4.69, 9.17) is 4.98 Å². The molecule has 3 rings (SSSR count). The minimum absolute atomic E-state index is 0.789. The molecule has 1 aromatic rings. The van der Waals surface area contributed by atoms with E-state index in [0.717, 1.165) is 31.5 Å². The van der Waals surface area contributed by atoms with Crippen LogP contribution in [0.2, 0.25) is 0 Å². The lowest BCUT2D eigenvalue weighted by Gasteiger charge is -2.26. The van der Waals surface area contributed by atoms with Gasteiger partial charge in [0.15, 0.2) is 5.13 Å². The molecular weight excluding hydrogens is 254 g/mol. The summed E-state index contributed by atoms with van der Waals surface area (Å²) >= 11 is 1.93. The first-order valence-electron chi connectivity index (χ1n) is 7.77. The highest BCUT2D eigenvalue weighted by molar-refractivity contribution is 7.15. The number of hydrogen-bond donors (Lipinski definition) is 1. The van der Waals surface area contributed by atoms with E-state index in [9.17, 15) is 0 Å². The number of thiazole rings is 1. The number of nitrogens with zero attached hydrogens (tertiary/aromatic N) is 2. The highest BCUT2D eigenvalue weighted by Gasteiger charge is 2.39. The Balaban J connectivity index is 1.77. The maximum atomic E-state index is 4.96. The number of fused-ring (bicyclic) bond motifs is 2. The first-order chi connectivity index (χ1) is 9.31. The van der Waals surface area contributed by atoms with Crippen LogP contribution in [0, 0.1) is 5.92 Å². The fraction of sp³-hybridized carbons (Fsp3) is 0.800. The van der Waals surface area contributed by atoms with Crippen molar-refractivity contribution in [3.05, 3.63) is 10.6 Å². The van der Waals surface area contributed by atoms with Gasteiger partial charge in [0.25, 0.3) is 0 Å². The fourth-order valence-electron chi connectivity index (χ4n) is 3.46. The summed E-state index contributed by atoms with van der Waals surface area (Å²) in [6, 6.07) is 0.789. The van der Waals surface area contributed by atoms with Gasteiger partial charge in [-0.1, -0.05) is 20.3 Å². The van der Waals surface area contributed by atoms with E-state index in [2.05, 4.69) is 24.1 Å². The van der Waals surface area contributed by atoms with Crippen LogP contribution in [-0.4, -0.2) is 24.1 Å². The van der Waals surface area contributed by atoms with Crippen LogP contribution in [0.5, 0.6) is 0 Å². The molecule has 2 fully saturated rings. The average molecular weight is 279 g/mol. The van der Waals surface area contributed by atoms with Crippen molar-refractivity contribution in [3.63, 3.8) is 0 Å². The van der Waals surface area contributed by atoms with E-state index in [0.29, 0.717) is 0 Å². The van der Waals surface area contributed by atoms with Gasteiger partial charge in [0.2, 0.25) is 0 Å². The summed E-state index contributed by atoms with van der Waals surface area (Å²) in [5, 5.41) is 4.75. The van der Waals surface area contributed by atoms with E-state index in [1.54, 1.807) is 0 Å². The van der Waals surface area contributed by atoms with Crippen molar-refractivity contribution >= 4 is 16.5 Å². The van der Waals surface area contributed by atoms with Crippen LogP contribution in [-0.2, 0) is 13.0 Å². The van der Waals surface area contributed by atoms with Gasteiger partial charge < -0.3 is 10.2 Å². The lowest BCUT2D eigenvalue weighted by Crippen LogP contribution is -2.31. The first kappa shape index (κ1) is 13.4. The number of anilines is 1. The average Bonchev–Trinajstić information content (AvgIpc) is 3.11.